The van der Waals surface area contributed by atoms with Gasteiger partial charge in [0.2, 0.25) is 5.91 Å². The maximum absolute atomic E-state index is 12.3. The summed E-state index contributed by atoms with van der Waals surface area (Å²) in [4.78, 5) is 16.7. The molecule has 3 nitrogen and oxygen atoms in total. The average molecular weight is 310 g/mol. The van der Waals surface area contributed by atoms with Crippen molar-refractivity contribution in [3.05, 3.63) is 59.1 Å². The molecule has 3 aromatic rings. The smallest absolute Gasteiger partial charge is 0.230 e. The van der Waals surface area contributed by atoms with E-state index in [4.69, 9.17) is 0 Å². The van der Waals surface area contributed by atoms with Crippen LogP contribution in [0.2, 0.25) is 0 Å². The molecule has 0 saturated heterocycles. The minimum Gasteiger partial charge on any atom is -0.302 e. The number of hydrogen-bond donors (Lipinski definition) is 1. The van der Waals surface area contributed by atoms with Crippen LogP contribution in [0, 0.1) is 0 Å². The largest absolute Gasteiger partial charge is 0.302 e. The number of anilines is 1. The lowest BCUT2D eigenvalue weighted by Crippen LogP contribution is -2.14. The van der Waals surface area contributed by atoms with Crippen molar-refractivity contribution < 1.29 is 4.79 Å². The van der Waals surface area contributed by atoms with E-state index in [1.165, 1.54) is 11.3 Å². The van der Waals surface area contributed by atoms with Crippen LogP contribution in [0.25, 0.3) is 10.8 Å². The topological polar surface area (TPSA) is 42.0 Å². The van der Waals surface area contributed by atoms with Gasteiger partial charge in [-0.3, -0.25) is 4.79 Å². The van der Waals surface area contributed by atoms with Crippen molar-refractivity contribution in [2.45, 2.75) is 26.2 Å². The third-order valence-electron chi connectivity index (χ3n) is 3.59. The average Bonchev–Trinajstić information content (AvgIpc) is 2.96. The molecule has 1 N–H and O–H groups in total. The van der Waals surface area contributed by atoms with Gasteiger partial charge < -0.3 is 5.32 Å². The summed E-state index contributed by atoms with van der Waals surface area (Å²) >= 11 is 1.48. The van der Waals surface area contributed by atoms with Gasteiger partial charge in [0.25, 0.3) is 0 Å². The van der Waals surface area contributed by atoms with E-state index >= 15 is 0 Å². The molecule has 0 unspecified atom stereocenters. The Labute approximate surface area is 134 Å². The van der Waals surface area contributed by atoms with Crippen molar-refractivity contribution in [1.29, 1.82) is 0 Å². The maximum atomic E-state index is 12.3. The highest BCUT2D eigenvalue weighted by atomic mass is 32.1. The molecule has 0 radical (unpaired) electrons. The molecule has 0 aliphatic heterocycles. The van der Waals surface area contributed by atoms with Crippen molar-refractivity contribution in [3.8, 4) is 0 Å². The summed E-state index contributed by atoms with van der Waals surface area (Å²) in [6, 6.07) is 14.2. The van der Waals surface area contributed by atoms with Crippen LogP contribution in [0.4, 0.5) is 5.13 Å². The van der Waals surface area contributed by atoms with Gasteiger partial charge in [-0.2, -0.15) is 0 Å². The van der Waals surface area contributed by atoms with E-state index in [-0.39, 0.29) is 5.91 Å². The molecule has 0 spiro atoms. The predicted molar refractivity (Wildman–Crippen MR) is 92.5 cm³/mol. The Morgan fingerprint density at radius 1 is 1.18 bits per heavy atom. The van der Waals surface area contributed by atoms with Gasteiger partial charge in [0.1, 0.15) is 0 Å². The number of amides is 1. The minimum absolute atomic E-state index is 0.0268. The Bertz CT molecular complexity index is 802. The number of carbonyl (C=O) groups is 1. The van der Waals surface area contributed by atoms with Crippen LogP contribution >= 0.6 is 11.3 Å². The van der Waals surface area contributed by atoms with E-state index in [1.54, 1.807) is 0 Å². The summed E-state index contributed by atoms with van der Waals surface area (Å²) in [6.45, 7) is 4.19. The molecule has 4 heteroatoms. The normalized spacial score (nSPS) is 11.0. The Balaban J connectivity index is 1.75. The summed E-state index contributed by atoms with van der Waals surface area (Å²) in [5, 5.41) is 7.86. The van der Waals surface area contributed by atoms with Crippen LogP contribution in [-0.2, 0) is 11.2 Å². The lowest BCUT2D eigenvalue weighted by atomic mass is 10.0. The summed E-state index contributed by atoms with van der Waals surface area (Å²) < 4.78 is 0. The molecule has 0 saturated carbocycles. The van der Waals surface area contributed by atoms with Crippen LogP contribution < -0.4 is 5.32 Å². The fourth-order valence-corrected chi connectivity index (χ4v) is 3.28. The summed E-state index contributed by atoms with van der Waals surface area (Å²) in [7, 11) is 0. The highest BCUT2D eigenvalue weighted by molar-refractivity contribution is 7.13. The van der Waals surface area contributed by atoms with E-state index < -0.39 is 0 Å². The van der Waals surface area contributed by atoms with Crippen molar-refractivity contribution in [3.63, 3.8) is 0 Å². The number of benzene rings is 2. The molecule has 22 heavy (non-hydrogen) atoms. The second kappa shape index (κ2) is 6.28. The van der Waals surface area contributed by atoms with Crippen LogP contribution in [-0.4, -0.2) is 10.9 Å². The third kappa shape index (κ3) is 3.17. The predicted octanol–water partition coefficient (Wildman–Crippen LogP) is 4.60. The fourth-order valence-electron chi connectivity index (χ4n) is 2.39. The Morgan fingerprint density at radius 2 is 1.95 bits per heavy atom. The zero-order valence-electron chi connectivity index (χ0n) is 12.7. The lowest BCUT2D eigenvalue weighted by Gasteiger charge is -2.06. The van der Waals surface area contributed by atoms with E-state index in [0.29, 0.717) is 17.5 Å². The van der Waals surface area contributed by atoms with E-state index in [9.17, 15) is 4.79 Å². The van der Waals surface area contributed by atoms with Gasteiger partial charge in [-0.25, -0.2) is 4.98 Å². The van der Waals surface area contributed by atoms with Crippen LogP contribution in [0.15, 0.2) is 47.8 Å². The van der Waals surface area contributed by atoms with Crippen LogP contribution in [0.1, 0.15) is 31.0 Å². The zero-order valence-corrected chi connectivity index (χ0v) is 13.5. The maximum Gasteiger partial charge on any atom is 0.230 e. The van der Waals surface area contributed by atoms with Crippen LogP contribution in [0.3, 0.4) is 0 Å². The number of hydrogen-bond acceptors (Lipinski definition) is 3. The molecule has 1 amide bonds. The number of thiazole rings is 1. The summed E-state index contributed by atoms with van der Waals surface area (Å²) in [5.41, 5.74) is 2.06. The first-order chi connectivity index (χ1) is 10.6. The van der Waals surface area contributed by atoms with Gasteiger partial charge in [-0.1, -0.05) is 56.3 Å². The Morgan fingerprint density at radius 3 is 2.73 bits per heavy atom. The molecular weight excluding hydrogens is 292 g/mol. The molecule has 0 atom stereocenters. The van der Waals surface area contributed by atoms with Crippen LogP contribution in [0.5, 0.6) is 0 Å². The molecule has 3 rings (SSSR count). The van der Waals surface area contributed by atoms with Gasteiger partial charge in [-0.15, -0.1) is 11.3 Å². The van der Waals surface area contributed by atoms with Crippen molar-refractivity contribution in [2.75, 3.05) is 5.32 Å². The minimum atomic E-state index is -0.0268. The number of carbonyl (C=O) groups excluding carboxylic acids is 1. The van der Waals surface area contributed by atoms with Crippen molar-refractivity contribution in [2.24, 2.45) is 0 Å². The van der Waals surface area contributed by atoms with Crippen molar-refractivity contribution >= 4 is 33.1 Å². The first-order valence-corrected chi connectivity index (χ1v) is 8.23. The number of rotatable bonds is 4. The quantitative estimate of drug-likeness (QED) is 0.765. The molecule has 1 aromatic heterocycles. The van der Waals surface area contributed by atoms with Crippen molar-refractivity contribution in [1.82, 2.24) is 4.98 Å². The molecule has 0 aliphatic carbocycles. The number of nitrogens with one attached hydrogen (secondary N) is 1. The monoisotopic (exact) mass is 310 g/mol. The molecule has 0 bridgehead atoms. The Hall–Kier alpha value is -2.20. The van der Waals surface area contributed by atoms with Gasteiger partial charge in [0.15, 0.2) is 5.13 Å². The molecule has 2 aromatic carbocycles. The number of nitrogens with zero attached hydrogens (tertiary/aromatic N) is 1. The highest BCUT2D eigenvalue weighted by Crippen LogP contribution is 2.22. The van der Waals surface area contributed by atoms with Gasteiger partial charge in [-0.05, 0) is 22.3 Å². The fraction of sp³-hybridized carbons (Fsp3) is 0.222. The highest BCUT2D eigenvalue weighted by Gasteiger charge is 2.10. The van der Waals surface area contributed by atoms with E-state index in [2.05, 4.69) is 42.3 Å². The molecule has 112 valence electrons. The summed E-state index contributed by atoms with van der Waals surface area (Å²) in [6.07, 6.45) is 0.359. The third-order valence-corrected chi connectivity index (χ3v) is 4.37. The SMILES string of the molecule is CC(C)c1csc(NC(=O)Cc2cccc3ccccc23)n1. The van der Waals surface area contributed by atoms with Gasteiger partial charge in [0, 0.05) is 5.38 Å². The van der Waals surface area contributed by atoms with Gasteiger partial charge >= 0.3 is 0 Å². The molecule has 1 heterocycles. The Kier molecular flexibility index (Phi) is 4.20. The summed E-state index contributed by atoms with van der Waals surface area (Å²) in [5.74, 6) is 0.348. The standard InChI is InChI=1S/C18H18N2OS/c1-12(2)16-11-22-18(19-16)20-17(21)10-14-8-5-7-13-6-3-4-9-15(13)14/h3-9,11-12H,10H2,1-2H3,(H,19,20,21). The lowest BCUT2D eigenvalue weighted by molar-refractivity contribution is -0.115. The first-order valence-electron chi connectivity index (χ1n) is 7.35. The molecular formula is C18H18N2OS. The second-order valence-electron chi connectivity index (χ2n) is 5.60. The number of fused-ring (bicyclic) bond motifs is 1. The number of aromatic nitrogens is 1. The molecule has 0 fully saturated rings. The molecule has 0 aliphatic rings. The second-order valence-corrected chi connectivity index (χ2v) is 6.45. The van der Waals surface area contributed by atoms with Gasteiger partial charge in [0.05, 0.1) is 12.1 Å². The first kappa shape index (κ1) is 14.7. The van der Waals surface area contributed by atoms with E-state index in [1.807, 2.05) is 29.6 Å². The van der Waals surface area contributed by atoms with E-state index in [0.717, 1.165) is 22.0 Å². The zero-order chi connectivity index (χ0) is 15.5.